The van der Waals surface area contributed by atoms with E-state index in [-0.39, 0.29) is 40.7 Å². The van der Waals surface area contributed by atoms with Crippen LogP contribution in [-0.4, -0.2) is 92.6 Å². The molecule has 1 aliphatic carbocycles. The predicted molar refractivity (Wildman–Crippen MR) is 234 cm³/mol. The summed E-state index contributed by atoms with van der Waals surface area (Å²) in [5.41, 5.74) is 11.2. The first kappa shape index (κ1) is 42.2. The zero-order chi connectivity index (χ0) is 42.7. The monoisotopic (exact) mass is 867 g/mol. The van der Waals surface area contributed by atoms with E-state index in [0.29, 0.717) is 24.6 Å². The summed E-state index contributed by atoms with van der Waals surface area (Å²) in [5, 5.41) is 1.53. The minimum Gasteiger partial charge on any atom is -0.477 e. The summed E-state index contributed by atoms with van der Waals surface area (Å²) in [6.07, 6.45) is 9.11. The van der Waals surface area contributed by atoms with E-state index >= 15 is 0 Å². The number of fused-ring (bicyclic) bond motifs is 1. The topological polar surface area (TPSA) is 182 Å². The second kappa shape index (κ2) is 17.9. The third kappa shape index (κ3) is 10.0. The molecule has 3 aliphatic rings. The highest BCUT2D eigenvalue weighted by atomic mass is 35.5. The third-order valence-electron chi connectivity index (χ3n) is 11.8. The van der Waals surface area contributed by atoms with E-state index < -0.39 is 26.7 Å². The summed E-state index contributed by atoms with van der Waals surface area (Å²) in [5.74, 6) is -1.25. The number of piperazine rings is 1. The number of anilines is 1. The summed E-state index contributed by atoms with van der Waals surface area (Å²) >= 11 is 6.24. The van der Waals surface area contributed by atoms with Gasteiger partial charge in [0, 0.05) is 74.3 Å². The molecular formula is C45H50ClN7O7S. The number of nitrogens with zero attached hydrogens (tertiary/aromatic N) is 4. The minimum atomic E-state index is -4.55. The normalized spacial score (nSPS) is 17.7. The molecule has 0 bridgehead atoms. The van der Waals surface area contributed by atoms with E-state index in [0.717, 1.165) is 93.2 Å². The van der Waals surface area contributed by atoms with Crippen LogP contribution in [0.15, 0.2) is 89.7 Å². The fourth-order valence-corrected chi connectivity index (χ4v) is 9.26. The average molecular weight is 868 g/mol. The number of halogens is 1. The van der Waals surface area contributed by atoms with Crippen LogP contribution in [0.2, 0.25) is 5.02 Å². The van der Waals surface area contributed by atoms with Gasteiger partial charge in [-0.15, -0.1) is 0 Å². The maximum atomic E-state index is 13.9. The molecule has 2 fully saturated rings. The van der Waals surface area contributed by atoms with Crippen LogP contribution < -0.4 is 24.8 Å². The Morgan fingerprint density at radius 1 is 0.984 bits per heavy atom. The number of hydrogen-bond donors (Lipinski definition) is 3. The maximum Gasteiger partial charge on any atom is 0.268 e. The molecule has 0 atom stereocenters. The predicted octanol–water partition coefficient (Wildman–Crippen LogP) is 7.21. The summed E-state index contributed by atoms with van der Waals surface area (Å²) in [6, 6.07) is 18.0. The van der Waals surface area contributed by atoms with Crippen LogP contribution in [0.3, 0.4) is 0 Å². The smallest absolute Gasteiger partial charge is 0.268 e. The van der Waals surface area contributed by atoms with E-state index in [1.165, 1.54) is 22.9 Å². The summed E-state index contributed by atoms with van der Waals surface area (Å²) in [7, 11) is -4.55. The van der Waals surface area contributed by atoms with Crippen LogP contribution >= 0.6 is 11.6 Å². The molecule has 14 nitrogen and oxygen atoms in total. The van der Waals surface area contributed by atoms with E-state index in [1.54, 1.807) is 30.5 Å². The molecule has 3 aromatic heterocycles. The molecule has 0 radical (unpaired) electrons. The van der Waals surface area contributed by atoms with Gasteiger partial charge in [-0.1, -0.05) is 43.2 Å². The SMILES string of the molecule is CC1(C)CCC(CN2CCN(c3ccc(C(=O)NS(=O)(=O)c4cnc(OCC5CCOCC5)c(C(N)=O)c4)c(Oc4cnc5[nH]ccc5c4)c3)CC2)=C(c2ccc(Cl)cc2)C1. The van der Waals surface area contributed by atoms with Gasteiger partial charge in [0.25, 0.3) is 21.8 Å². The van der Waals surface area contributed by atoms with Crippen molar-refractivity contribution >= 4 is 55.7 Å². The molecule has 2 aromatic carbocycles. The number of primary amides is 1. The molecule has 320 valence electrons. The molecule has 0 saturated carbocycles. The average Bonchev–Trinajstić information content (AvgIpc) is 3.72. The van der Waals surface area contributed by atoms with Gasteiger partial charge in [0.05, 0.1) is 24.6 Å². The van der Waals surface area contributed by atoms with Gasteiger partial charge in [0.15, 0.2) is 0 Å². The lowest BCUT2D eigenvalue weighted by Gasteiger charge is -2.39. The fraction of sp³-hybridized carbons (Fsp3) is 0.378. The minimum absolute atomic E-state index is 0.0264. The number of pyridine rings is 2. The van der Waals surface area contributed by atoms with Crippen molar-refractivity contribution in [2.45, 2.75) is 50.8 Å². The number of allylic oxidation sites excluding steroid dienone is 1. The van der Waals surface area contributed by atoms with Crippen LogP contribution in [0.25, 0.3) is 16.6 Å². The number of ether oxygens (including phenoxy) is 3. The second-order valence-electron chi connectivity index (χ2n) is 16.8. The Morgan fingerprint density at radius 3 is 2.51 bits per heavy atom. The Morgan fingerprint density at radius 2 is 1.75 bits per heavy atom. The number of hydrogen-bond acceptors (Lipinski definition) is 11. The van der Waals surface area contributed by atoms with Gasteiger partial charge in [-0.05, 0) is 97.0 Å². The molecule has 2 saturated heterocycles. The molecule has 2 amide bonds. The van der Waals surface area contributed by atoms with Crippen LogP contribution in [-0.2, 0) is 14.8 Å². The fourth-order valence-electron chi connectivity index (χ4n) is 8.20. The number of aromatic nitrogens is 3. The maximum absolute atomic E-state index is 13.9. The zero-order valence-corrected chi connectivity index (χ0v) is 35.9. The molecule has 5 heterocycles. The van der Waals surface area contributed by atoms with Crippen LogP contribution in [0.4, 0.5) is 5.69 Å². The lowest BCUT2D eigenvalue weighted by atomic mass is 9.72. The Bertz CT molecular complexity index is 2560. The van der Waals surface area contributed by atoms with Gasteiger partial charge in [-0.25, -0.2) is 23.1 Å². The van der Waals surface area contributed by atoms with Crippen molar-refractivity contribution in [2.75, 3.05) is 57.4 Å². The van der Waals surface area contributed by atoms with Crippen LogP contribution in [0, 0.1) is 11.3 Å². The summed E-state index contributed by atoms with van der Waals surface area (Å²) in [6.45, 7) is 10.2. The van der Waals surface area contributed by atoms with Gasteiger partial charge < -0.3 is 29.8 Å². The molecule has 8 rings (SSSR count). The van der Waals surface area contributed by atoms with Gasteiger partial charge in [0.2, 0.25) is 5.88 Å². The van der Waals surface area contributed by atoms with Gasteiger partial charge >= 0.3 is 0 Å². The Kier molecular flexibility index (Phi) is 12.4. The summed E-state index contributed by atoms with van der Waals surface area (Å²) in [4.78, 5) is 42.2. The van der Waals surface area contributed by atoms with Gasteiger partial charge in [0.1, 0.15) is 27.6 Å². The number of carbonyl (C=O) groups excluding carboxylic acids is 2. The number of sulfonamides is 1. The molecule has 2 aliphatic heterocycles. The van der Waals surface area contributed by atoms with Gasteiger partial charge in [-0.2, -0.15) is 0 Å². The van der Waals surface area contributed by atoms with Crippen molar-refractivity contribution in [1.82, 2.24) is 24.6 Å². The Balaban J connectivity index is 1.00. The largest absolute Gasteiger partial charge is 0.477 e. The molecule has 4 N–H and O–H groups in total. The van der Waals surface area contributed by atoms with E-state index in [2.05, 4.69) is 55.5 Å². The van der Waals surface area contributed by atoms with Crippen LogP contribution in [0.1, 0.15) is 72.2 Å². The Labute approximate surface area is 360 Å². The number of amides is 2. The van der Waals surface area contributed by atoms with Crippen molar-refractivity contribution < 1.29 is 32.2 Å². The zero-order valence-electron chi connectivity index (χ0n) is 34.3. The molecule has 16 heteroatoms. The molecular weight excluding hydrogens is 818 g/mol. The number of nitrogens with one attached hydrogen (secondary N) is 2. The van der Waals surface area contributed by atoms with Crippen LogP contribution in [0.5, 0.6) is 17.4 Å². The standard InChI is InChI=1S/C45H50ClN7O7S/c1-45(2)13-9-32(39(24-45)30-3-5-33(46)6-4-30)27-52-15-17-53(18-16-52)34-7-8-37(40(22-34)60-35-21-31-10-14-48-42(31)49-25-35)43(55)51-61(56,57)36-23-38(41(47)54)44(50-26-36)59-28-29-11-19-58-20-12-29/h3-8,10,14,21-23,25-26,29H,9,11-13,15-20,24,27-28H2,1-2H3,(H2,47,54)(H,48,49)(H,51,55). The van der Waals surface area contributed by atoms with Crippen molar-refractivity contribution in [2.24, 2.45) is 17.1 Å². The number of nitrogens with two attached hydrogens (primary N) is 1. The molecule has 0 spiro atoms. The quantitative estimate of drug-likeness (QED) is 0.109. The highest BCUT2D eigenvalue weighted by Gasteiger charge is 2.30. The number of rotatable bonds is 13. The number of benzene rings is 2. The molecule has 61 heavy (non-hydrogen) atoms. The lowest BCUT2D eigenvalue weighted by Crippen LogP contribution is -2.47. The third-order valence-corrected chi connectivity index (χ3v) is 13.3. The molecule has 5 aromatic rings. The number of carbonyl (C=O) groups is 2. The van der Waals surface area contributed by atoms with Crippen molar-refractivity contribution in [3.05, 3.63) is 107 Å². The first-order valence-electron chi connectivity index (χ1n) is 20.6. The number of H-pyrrole nitrogens is 1. The van der Waals surface area contributed by atoms with Crippen molar-refractivity contribution in [1.29, 1.82) is 0 Å². The van der Waals surface area contributed by atoms with E-state index in [9.17, 15) is 18.0 Å². The first-order chi connectivity index (χ1) is 29.3. The second-order valence-corrected chi connectivity index (χ2v) is 18.9. The first-order valence-corrected chi connectivity index (χ1v) is 22.4. The Hall–Kier alpha value is -5.48. The van der Waals surface area contributed by atoms with Crippen molar-refractivity contribution in [3.63, 3.8) is 0 Å². The van der Waals surface area contributed by atoms with Gasteiger partial charge in [-0.3, -0.25) is 14.5 Å². The summed E-state index contributed by atoms with van der Waals surface area (Å²) < 4.78 is 47.0. The van der Waals surface area contributed by atoms with Crippen molar-refractivity contribution in [3.8, 4) is 17.4 Å². The highest BCUT2D eigenvalue weighted by molar-refractivity contribution is 7.90. The highest BCUT2D eigenvalue weighted by Crippen LogP contribution is 2.43. The van der Waals surface area contributed by atoms with E-state index in [4.69, 9.17) is 31.5 Å². The lowest BCUT2D eigenvalue weighted by molar-refractivity contribution is 0.0488. The molecule has 0 unspecified atom stereocenters. The van der Waals surface area contributed by atoms with E-state index in [1.807, 2.05) is 18.2 Å². The number of aromatic amines is 1.